The summed E-state index contributed by atoms with van der Waals surface area (Å²) >= 11 is 0. The number of ether oxygens (including phenoxy) is 2. The second kappa shape index (κ2) is 5.19. The molecule has 0 unspecified atom stereocenters. The normalized spacial score (nSPS) is 25.7. The number of hydrogen-bond acceptors (Lipinski definition) is 3. The van der Waals surface area contributed by atoms with Crippen molar-refractivity contribution in [3.05, 3.63) is 24.3 Å². The van der Waals surface area contributed by atoms with E-state index in [-0.39, 0.29) is 6.10 Å². The molecule has 1 fully saturated rings. The van der Waals surface area contributed by atoms with E-state index in [9.17, 15) is 0 Å². The van der Waals surface area contributed by atoms with E-state index in [1.165, 1.54) is 32.4 Å². The molecule has 3 rings (SSSR count). The van der Waals surface area contributed by atoms with Crippen LogP contribution in [0.5, 0.6) is 11.5 Å². The second-order valence-corrected chi connectivity index (χ2v) is 5.25. The lowest BCUT2D eigenvalue weighted by Gasteiger charge is -2.38. The van der Waals surface area contributed by atoms with Gasteiger partial charge < -0.3 is 9.47 Å². The Morgan fingerprint density at radius 1 is 1.11 bits per heavy atom. The number of para-hydroxylation sites is 2. The van der Waals surface area contributed by atoms with Crippen molar-refractivity contribution in [1.82, 2.24) is 4.90 Å². The maximum Gasteiger partial charge on any atom is 0.161 e. The third kappa shape index (κ3) is 2.32. The van der Waals surface area contributed by atoms with Gasteiger partial charge in [-0.2, -0.15) is 0 Å². The van der Waals surface area contributed by atoms with Gasteiger partial charge in [-0.05, 0) is 45.0 Å². The Hall–Kier alpha value is -1.22. The summed E-state index contributed by atoms with van der Waals surface area (Å²) in [6.07, 6.45) is 4.15. The van der Waals surface area contributed by atoms with Crippen LogP contribution in [0.1, 0.15) is 26.2 Å². The first-order chi connectivity index (χ1) is 8.84. The Kier molecular flexibility index (Phi) is 3.41. The molecule has 0 amide bonds. The molecule has 3 heteroatoms. The smallest absolute Gasteiger partial charge is 0.161 e. The number of likely N-dealkylation sites (tertiary alicyclic amines) is 1. The van der Waals surface area contributed by atoms with Gasteiger partial charge in [0.25, 0.3) is 0 Å². The van der Waals surface area contributed by atoms with Crippen molar-refractivity contribution in [2.75, 3.05) is 19.7 Å². The largest absolute Gasteiger partial charge is 0.486 e. The molecular weight excluding hydrogens is 226 g/mol. The Morgan fingerprint density at radius 3 is 2.61 bits per heavy atom. The number of piperidine rings is 1. The fourth-order valence-electron chi connectivity index (χ4n) is 2.83. The van der Waals surface area contributed by atoms with E-state index >= 15 is 0 Å². The Labute approximate surface area is 109 Å². The van der Waals surface area contributed by atoms with Gasteiger partial charge >= 0.3 is 0 Å². The van der Waals surface area contributed by atoms with Gasteiger partial charge in [-0.1, -0.05) is 18.6 Å². The van der Waals surface area contributed by atoms with E-state index in [0.717, 1.165) is 11.5 Å². The van der Waals surface area contributed by atoms with Crippen LogP contribution in [0.4, 0.5) is 0 Å². The lowest BCUT2D eigenvalue weighted by Crippen LogP contribution is -2.49. The summed E-state index contributed by atoms with van der Waals surface area (Å²) in [7, 11) is 0. The van der Waals surface area contributed by atoms with Gasteiger partial charge in [0.05, 0.1) is 0 Å². The Morgan fingerprint density at radius 2 is 1.83 bits per heavy atom. The standard InChI is InChI=1S/C15H21NO2/c1-12(16-9-5-2-6-10-16)15-11-17-13-7-3-4-8-14(13)18-15/h3-4,7-8,12,15H,2,5-6,9-11H2,1H3/t12-,15+/m0/s1. The molecule has 1 aromatic rings. The van der Waals surface area contributed by atoms with Gasteiger partial charge in [-0.25, -0.2) is 0 Å². The molecule has 2 aliphatic heterocycles. The highest BCUT2D eigenvalue weighted by atomic mass is 16.6. The predicted octanol–water partition coefficient (Wildman–Crippen LogP) is 2.70. The minimum absolute atomic E-state index is 0.151. The molecule has 2 atom stereocenters. The third-order valence-electron chi connectivity index (χ3n) is 4.04. The zero-order chi connectivity index (χ0) is 12.4. The fraction of sp³-hybridized carbons (Fsp3) is 0.600. The Balaban J connectivity index is 1.67. The molecule has 98 valence electrons. The van der Waals surface area contributed by atoms with Crippen molar-refractivity contribution in [2.24, 2.45) is 0 Å². The molecule has 0 spiro atoms. The SMILES string of the molecule is C[C@@H]([C@H]1COc2ccccc2O1)N1CCCCC1. The average Bonchev–Trinajstić information content (AvgIpc) is 2.47. The van der Waals surface area contributed by atoms with Gasteiger partial charge in [0.1, 0.15) is 12.7 Å². The number of benzene rings is 1. The highest BCUT2D eigenvalue weighted by Gasteiger charge is 2.30. The van der Waals surface area contributed by atoms with E-state index < -0.39 is 0 Å². The quantitative estimate of drug-likeness (QED) is 0.802. The summed E-state index contributed by atoms with van der Waals surface area (Å²) in [4.78, 5) is 2.53. The summed E-state index contributed by atoms with van der Waals surface area (Å²) in [6, 6.07) is 8.37. The van der Waals surface area contributed by atoms with Crippen LogP contribution in [0.2, 0.25) is 0 Å². The highest BCUT2D eigenvalue weighted by Crippen LogP contribution is 2.32. The van der Waals surface area contributed by atoms with Crippen LogP contribution in [0.3, 0.4) is 0 Å². The number of fused-ring (bicyclic) bond motifs is 1. The van der Waals surface area contributed by atoms with Crippen molar-refractivity contribution in [2.45, 2.75) is 38.3 Å². The molecule has 18 heavy (non-hydrogen) atoms. The van der Waals surface area contributed by atoms with E-state index in [2.05, 4.69) is 11.8 Å². The molecule has 0 radical (unpaired) electrons. The van der Waals surface area contributed by atoms with Crippen molar-refractivity contribution < 1.29 is 9.47 Å². The predicted molar refractivity (Wildman–Crippen MR) is 71.2 cm³/mol. The minimum atomic E-state index is 0.151. The number of nitrogens with zero attached hydrogens (tertiary/aromatic N) is 1. The first-order valence-electron chi connectivity index (χ1n) is 6.97. The molecule has 0 bridgehead atoms. The Bertz CT molecular complexity index is 401. The van der Waals surface area contributed by atoms with Crippen LogP contribution >= 0.6 is 0 Å². The molecule has 1 saturated heterocycles. The van der Waals surface area contributed by atoms with Crippen LogP contribution in [-0.4, -0.2) is 36.7 Å². The van der Waals surface area contributed by atoms with Gasteiger partial charge in [0, 0.05) is 6.04 Å². The van der Waals surface area contributed by atoms with Crippen molar-refractivity contribution >= 4 is 0 Å². The maximum atomic E-state index is 6.08. The zero-order valence-corrected chi connectivity index (χ0v) is 11.0. The van der Waals surface area contributed by atoms with Crippen LogP contribution < -0.4 is 9.47 Å². The van der Waals surface area contributed by atoms with Crippen LogP contribution in [0, 0.1) is 0 Å². The van der Waals surface area contributed by atoms with Crippen molar-refractivity contribution in [1.29, 1.82) is 0 Å². The summed E-state index contributed by atoms with van der Waals surface area (Å²) in [5, 5.41) is 0. The second-order valence-electron chi connectivity index (χ2n) is 5.25. The summed E-state index contributed by atoms with van der Waals surface area (Å²) < 4.78 is 11.9. The first-order valence-corrected chi connectivity index (χ1v) is 6.97. The van der Waals surface area contributed by atoms with Crippen LogP contribution in [0.25, 0.3) is 0 Å². The fourth-order valence-corrected chi connectivity index (χ4v) is 2.83. The lowest BCUT2D eigenvalue weighted by atomic mass is 10.1. The molecule has 2 heterocycles. The molecule has 0 N–H and O–H groups in total. The van der Waals surface area contributed by atoms with E-state index in [4.69, 9.17) is 9.47 Å². The molecule has 0 aromatic heterocycles. The molecule has 1 aromatic carbocycles. The minimum Gasteiger partial charge on any atom is -0.486 e. The molecular formula is C15H21NO2. The monoisotopic (exact) mass is 247 g/mol. The van der Waals surface area contributed by atoms with E-state index in [0.29, 0.717) is 12.6 Å². The summed E-state index contributed by atoms with van der Waals surface area (Å²) in [5.74, 6) is 1.76. The van der Waals surface area contributed by atoms with E-state index in [1.54, 1.807) is 0 Å². The molecule has 2 aliphatic rings. The van der Waals surface area contributed by atoms with Gasteiger partial charge in [-0.15, -0.1) is 0 Å². The molecule has 3 nitrogen and oxygen atoms in total. The lowest BCUT2D eigenvalue weighted by molar-refractivity contribution is 0.0141. The highest BCUT2D eigenvalue weighted by molar-refractivity contribution is 5.40. The summed E-state index contributed by atoms with van der Waals surface area (Å²) in [6.45, 7) is 5.31. The average molecular weight is 247 g/mol. The third-order valence-corrected chi connectivity index (χ3v) is 4.04. The van der Waals surface area contributed by atoms with Gasteiger partial charge in [0.15, 0.2) is 11.5 Å². The van der Waals surface area contributed by atoms with Crippen LogP contribution in [0.15, 0.2) is 24.3 Å². The zero-order valence-electron chi connectivity index (χ0n) is 11.0. The molecule has 0 saturated carbocycles. The topological polar surface area (TPSA) is 21.7 Å². The van der Waals surface area contributed by atoms with Crippen LogP contribution in [-0.2, 0) is 0 Å². The molecule has 0 aliphatic carbocycles. The summed E-state index contributed by atoms with van der Waals surface area (Å²) in [5.41, 5.74) is 0. The van der Waals surface area contributed by atoms with E-state index in [1.807, 2.05) is 24.3 Å². The van der Waals surface area contributed by atoms with Gasteiger partial charge in [0.2, 0.25) is 0 Å². The van der Waals surface area contributed by atoms with Crippen molar-refractivity contribution in [3.8, 4) is 11.5 Å². The van der Waals surface area contributed by atoms with Gasteiger partial charge in [-0.3, -0.25) is 4.90 Å². The maximum absolute atomic E-state index is 6.08. The van der Waals surface area contributed by atoms with Crippen molar-refractivity contribution in [3.63, 3.8) is 0 Å². The number of rotatable bonds is 2. The first kappa shape index (κ1) is 11.8. The number of hydrogen-bond donors (Lipinski definition) is 0.